The molecule has 1 aliphatic carbocycles. The summed E-state index contributed by atoms with van der Waals surface area (Å²) in [7, 11) is 0. The van der Waals surface area contributed by atoms with Gasteiger partial charge in [-0.25, -0.2) is 4.39 Å². The van der Waals surface area contributed by atoms with E-state index in [1.54, 1.807) is 6.07 Å². The van der Waals surface area contributed by atoms with Crippen molar-refractivity contribution >= 4 is 0 Å². The molecular weight excluding hydrogens is 504 g/mol. The van der Waals surface area contributed by atoms with Gasteiger partial charge in [0.15, 0.2) is 11.6 Å². The van der Waals surface area contributed by atoms with Crippen molar-refractivity contribution in [1.29, 1.82) is 0 Å². The van der Waals surface area contributed by atoms with Crippen LogP contribution in [0, 0.1) is 17.2 Å². The number of piperidine rings is 2. The van der Waals surface area contributed by atoms with Crippen LogP contribution in [-0.2, 0) is 6.42 Å². The van der Waals surface area contributed by atoms with Gasteiger partial charge in [0.05, 0.1) is 12.0 Å². The van der Waals surface area contributed by atoms with Gasteiger partial charge < -0.3 is 14.5 Å². The molecule has 0 spiro atoms. The molecule has 0 radical (unpaired) electrons. The number of hydrogen-bond donors (Lipinski definition) is 0. The Kier molecular flexibility index (Phi) is 8.55. The molecule has 2 aliphatic heterocycles. The van der Waals surface area contributed by atoms with Crippen LogP contribution in [-0.4, -0.2) is 55.3 Å². The first-order chi connectivity index (χ1) is 18.7. The Morgan fingerprint density at radius 2 is 1.56 bits per heavy atom. The minimum atomic E-state index is -4.13. The summed E-state index contributed by atoms with van der Waals surface area (Å²) in [6.45, 7) is 8.21. The molecule has 3 fully saturated rings. The van der Waals surface area contributed by atoms with Crippen molar-refractivity contribution in [2.45, 2.75) is 64.0 Å². The molecule has 2 saturated heterocycles. The molecule has 0 N–H and O–H groups in total. The highest BCUT2D eigenvalue weighted by molar-refractivity contribution is 5.64. The van der Waals surface area contributed by atoms with Crippen LogP contribution in [0.3, 0.4) is 0 Å². The number of rotatable bonds is 9. The van der Waals surface area contributed by atoms with E-state index in [-0.39, 0.29) is 31.1 Å². The zero-order valence-electron chi connectivity index (χ0n) is 22.7. The predicted molar refractivity (Wildman–Crippen MR) is 147 cm³/mol. The van der Waals surface area contributed by atoms with Gasteiger partial charge in [-0.15, -0.1) is 0 Å². The van der Waals surface area contributed by atoms with Crippen molar-refractivity contribution in [3.05, 3.63) is 66.1 Å². The molecule has 3 nitrogen and oxygen atoms in total. The first-order valence-corrected chi connectivity index (χ1v) is 14.5. The normalized spacial score (nSPS) is 20.5. The highest BCUT2D eigenvalue weighted by Gasteiger charge is 2.58. The van der Waals surface area contributed by atoms with Gasteiger partial charge in [-0.2, -0.15) is 13.2 Å². The van der Waals surface area contributed by atoms with Gasteiger partial charge in [-0.05, 0) is 92.8 Å². The van der Waals surface area contributed by atoms with Gasteiger partial charge in [0, 0.05) is 31.8 Å². The average Bonchev–Trinajstić information content (AvgIpc) is 2.91. The molecule has 2 heterocycles. The molecule has 39 heavy (non-hydrogen) atoms. The summed E-state index contributed by atoms with van der Waals surface area (Å²) in [6, 6.07) is 13.3. The molecule has 7 heteroatoms. The lowest BCUT2D eigenvalue weighted by molar-refractivity contribution is -0.256. The van der Waals surface area contributed by atoms with E-state index in [4.69, 9.17) is 4.74 Å². The molecule has 0 bridgehead atoms. The number of hydrogen-bond acceptors (Lipinski definition) is 3. The lowest BCUT2D eigenvalue weighted by Gasteiger charge is -2.47. The molecule has 5 rings (SSSR count). The van der Waals surface area contributed by atoms with E-state index < -0.39 is 17.4 Å². The quantitative estimate of drug-likeness (QED) is 0.299. The molecular formula is C32H40F4N2O. The molecule has 0 unspecified atom stereocenters. The van der Waals surface area contributed by atoms with E-state index in [1.165, 1.54) is 30.9 Å². The van der Waals surface area contributed by atoms with Gasteiger partial charge in [0.25, 0.3) is 0 Å². The highest BCUT2D eigenvalue weighted by Crippen LogP contribution is 2.53. The fourth-order valence-electron chi connectivity index (χ4n) is 6.25. The van der Waals surface area contributed by atoms with Crippen molar-refractivity contribution in [1.82, 2.24) is 9.80 Å². The molecule has 1 saturated carbocycles. The van der Waals surface area contributed by atoms with Gasteiger partial charge in [-0.1, -0.05) is 43.3 Å². The van der Waals surface area contributed by atoms with Crippen LogP contribution in [0.1, 0.15) is 56.9 Å². The van der Waals surface area contributed by atoms with Crippen LogP contribution >= 0.6 is 0 Å². The van der Waals surface area contributed by atoms with Crippen molar-refractivity contribution in [3.63, 3.8) is 0 Å². The maximum atomic E-state index is 14.9. The Hall–Kier alpha value is -2.54. The fourth-order valence-corrected chi connectivity index (χ4v) is 6.25. The smallest absolute Gasteiger partial charge is 0.395 e. The van der Waals surface area contributed by atoms with Crippen LogP contribution in [0.5, 0.6) is 5.75 Å². The molecule has 2 aromatic rings. The SMILES string of the molecule is C=C(Cc1ccc(-c2ccc(OCC3CCN(CC4(C(F)(F)F)CCC4)CC3)c(F)c2)cc1)N1CCCCC1. The van der Waals surface area contributed by atoms with E-state index >= 15 is 0 Å². The summed E-state index contributed by atoms with van der Waals surface area (Å²) in [4.78, 5) is 4.33. The maximum absolute atomic E-state index is 14.9. The van der Waals surface area contributed by atoms with Crippen molar-refractivity contribution in [2.75, 3.05) is 39.3 Å². The van der Waals surface area contributed by atoms with E-state index in [9.17, 15) is 17.6 Å². The number of benzene rings is 2. The molecule has 212 valence electrons. The second-order valence-electron chi connectivity index (χ2n) is 11.8. The molecule has 3 aliphatic rings. The minimum absolute atomic E-state index is 0.105. The Morgan fingerprint density at radius 3 is 2.15 bits per heavy atom. The van der Waals surface area contributed by atoms with Crippen LogP contribution < -0.4 is 4.74 Å². The Bertz CT molecular complexity index is 1110. The summed E-state index contributed by atoms with van der Waals surface area (Å²) < 4.78 is 61.3. The van der Waals surface area contributed by atoms with E-state index in [0.717, 1.165) is 49.2 Å². The number of alkyl halides is 3. The summed E-state index contributed by atoms with van der Waals surface area (Å²) in [5.74, 6) is 0.0431. The zero-order chi connectivity index (χ0) is 27.5. The Morgan fingerprint density at radius 1 is 0.897 bits per heavy atom. The van der Waals surface area contributed by atoms with Gasteiger partial charge in [0.2, 0.25) is 0 Å². The van der Waals surface area contributed by atoms with Crippen LogP contribution in [0.15, 0.2) is 54.7 Å². The predicted octanol–water partition coefficient (Wildman–Crippen LogP) is 7.86. The third-order valence-corrected chi connectivity index (χ3v) is 9.05. The van der Waals surface area contributed by atoms with E-state index in [2.05, 4.69) is 23.6 Å². The largest absolute Gasteiger partial charge is 0.490 e. The summed E-state index contributed by atoms with van der Waals surface area (Å²) in [6.07, 6.45) is 3.14. The highest BCUT2D eigenvalue weighted by atomic mass is 19.4. The Balaban J connectivity index is 1.09. The summed E-state index contributed by atoms with van der Waals surface area (Å²) >= 11 is 0. The first-order valence-electron chi connectivity index (χ1n) is 14.5. The average molecular weight is 545 g/mol. The lowest BCUT2D eigenvalue weighted by Crippen LogP contribution is -2.53. The number of nitrogens with zero attached hydrogens (tertiary/aromatic N) is 2. The zero-order valence-corrected chi connectivity index (χ0v) is 22.7. The maximum Gasteiger partial charge on any atom is 0.395 e. The molecule has 0 amide bonds. The molecule has 0 atom stereocenters. The molecule has 2 aromatic carbocycles. The third kappa shape index (κ3) is 6.62. The van der Waals surface area contributed by atoms with E-state index in [1.807, 2.05) is 23.1 Å². The Labute approximate surface area is 229 Å². The first kappa shape index (κ1) is 28.0. The van der Waals surface area contributed by atoms with Gasteiger partial charge >= 0.3 is 6.18 Å². The lowest BCUT2D eigenvalue weighted by atomic mass is 9.67. The summed E-state index contributed by atoms with van der Waals surface area (Å²) in [5.41, 5.74) is 2.59. The van der Waals surface area contributed by atoms with Crippen molar-refractivity contribution in [3.8, 4) is 16.9 Å². The van der Waals surface area contributed by atoms with Gasteiger partial charge in [-0.3, -0.25) is 0 Å². The monoisotopic (exact) mass is 544 g/mol. The number of allylic oxidation sites excluding steroid dienone is 1. The standard InChI is InChI=1S/C32H40F4N2O/c1-24(38-16-3-2-4-17-38)20-25-6-8-27(9-7-25)28-10-11-30(29(33)21-28)39-22-26-12-18-37(19-13-26)23-31(14-5-15-31)32(34,35)36/h6-11,21,26H,1-5,12-20,22-23H2. The number of likely N-dealkylation sites (tertiary alicyclic amines) is 2. The van der Waals surface area contributed by atoms with Gasteiger partial charge in [0.1, 0.15) is 0 Å². The fraction of sp³-hybridized carbons (Fsp3) is 0.562. The number of halogens is 4. The molecule has 0 aromatic heterocycles. The number of ether oxygens (including phenoxy) is 1. The topological polar surface area (TPSA) is 15.7 Å². The second-order valence-corrected chi connectivity index (χ2v) is 11.8. The minimum Gasteiger partial charge on any atom is -0.490 e. The van der Waals surface area contributed by atoms with Crippen LogP contribution in [0.25, 0.3) is 11.1 Å². The second kappa shape index (κ2) is 11.9. The van der Waals surface area contributed by atoms with Crippen LogP contribution in [0.2, 0.25) is 0 Å². The van der Waals surface area contributed by atoms with Crippen molar-refractivity contribution in [2.24, 2.45) is 11.3 Å². The summed E-state index contributed by atoms with van der Waals surface area (Å²) in [5, 5.41) is 0. The van der Waals surface area contributed by atoms with E-state index in [0.29, 0.717) is 26.1 Å². The van der Waals surface area contributed by atoms with Crippen LogP contribution in [0.4, 0.5) is 17.6 Å². The third-order valence-electron chi connectivity index (χ3n) is 9.05. The van der Waals surface area contributed by atoms with Crippen molar-refractivity contribution < 1.29 is 22.3 Å².